The van der Waals surface area contributed by atoms with Crippen LogP contribution in [0.3, 0.4) is 0 Å². The molecule has 2 N–H and O–H groups in total. The molecule has 0 aliphatic carbocycles. The number of nitrogens with one attached hydrogen (secondary N) is 2. The van der Waals surface area contributed by atoms with Crippen LogP contribution in [0, 0.1) is 0 Å². The standard InChI is InChI=1S/C18H25F2N3O.2ClH/c1-13-9-15(22-17(24)16-10-18(19,20)12-21-16)7-8-23(13)11-14-5-3-2-4-6-14;;/h2-6,13,15-16,21H,7-12H2,1H3,(H,22,24);2*1H. The molecule has 2 aliphatic heterocycles. The number of likely N-dealkylation sites (tertiary alicyclic amines) is 1. The zero-order valence-corrected chi connectivity index (χ0v) is 16.4. The highest BCUT2D eigenvalue weighted by Gasteiger charge is 2.42. The summed E-state index contributed by atoms with van der Waals surface area (Å²) in [4.78, 5) is 14.6. The molecule has 148 valence electrons. The summed E-state index contributed by atoms with van der Waals surface area (Å²) in [5, 5.41) is 5.57. The quantitative estimate of drug-likeness (QED) is 0.802. The van der Waals surface area contributed by atoms with Crippen molar-refractivity contribution in [3.63, 3.8) is 0 Å². The van der Waals surface area contributed by atoms with Gasteiger partial charge in [-0.15, -0.1) is 24.8 Å². The molecule has 2 aliphatic rings. The third-order valence-electron chi connectivity index (χ3n) is 5.01. The molecule has 2 saturated heterocycles. The zero-order valence-electron chi connectivity index (χ0n) is 14.8. The second kappa shape index (κ2) is 9.83. The van der Waals surface area contributed by atoms with Crippen molar-refractivity contribution < 1.29 is 13.6 Å². The Balaban J connectivity index is 0.00000169. The summed E-state index contributed by atoms with van der Waals surface area (Å²) in [7, 11) is 0. The number of rotatable bonds is 4. The molecule has 26 heavy (non-hydrogen) atoms. The SMILES string of the molecule is CC1CC(NC(=O)C2CC(F)(F)CN2)CCN1Cc1ccccc1.Cl.Cl. The summed E-state index contributed by atoms with van der Waals surface area (Å²) < 4.78 is 26.4. The normalized spacial score (nSPS) is 27.9. The van der Waals surface area contributed by atoms with E-state index in [1.165, 1.54) is 5.56 Å². The van der Waals surface area contributed by atoms with E-state index in [9.17, 15) is 13.6 Å². The number of halogens is 4. The fourth-order valence-electron chi connectivity index (χ4n) is 3.61. The van der Waals surface area contributed by atoms with E-state index in [2.05, 4.69) is 34.6 Å². The van der Waals surface area contributed by atoms with Gasteiger partial charge in [-0.05, 0) is 25.3 Å². The van der Waals surface area contributed by atoms with Crippen LogP contribution in [0.5, 0.6) is 0 Å². The predicted octanol–water partition coefficient (Wildman–Crippen LogP) is 3.00. The Hall–Kier alpha value is -0.950. The van der Waals surface area contributed by atoms with Crippen molar-refractivity contribution in [1.82, 2.24) is 15.5 Å². The number of nitrogens with zero attached hydrogens (tertiary/aromatic N) is 1. The van der Waals surface area contributed by atoms with Gasteiger partial charge in [0.05, 0.1) is 12.6 Å². The number of hydrogen-bond donors (Lipinski definition) is 2. The third-order valence-corrected chi connectivity index (χ3v) is 5.01. The van der Waals surface area contributed by atoms with Crippen molar-refractivity contribution in [3.8, 4) is 0 Å². The first kappa shape index (κ1) is 23.1. The van der Waals surface area contributed by atoms with Crippen LogP contribution in [-0.2, 0) is 11.3 Å². The Morgan fingerprint density at radius 2 is 2.00 bits per heavy atom. The van der Waals surface area contributed by atoms with Crippen molar-refractivity contribution in [3.05, 3.63) is 35.9 Å². The predicted molar refractivity (Wildman–Crippen MR) is 103 cm³/mol. The van der Waals surface area contributed by atoms with Crippen molar-refractivity contribution in [2.24, 2.45) is 0 Å². The lowest BCUT2D eigenvalue weighted by molar-refractivity contribution is -0.124. The zero-order chi connectivity index (χ0) is 17.2. The van der Waals surface area contributed by atoms with E-state index in [0.29, 0.717) is 6.04 Å². The lowest BCUT2D eigenvalue weighted by atomic mass is 9.97. The molecule has 0 saturated carbocycles. The van der Waals surface area contributed by atoms with Crippen LogP contribution in [-0.4, -0.2) is 47.9 Å². The fourth-order valence-corrected chi connectivity index (χ4v) is 3.61. The largest absolute Gasteiger partial charge is 0.352 e. The van der Waals surface area contributed by atoms with Crippen LogP contribution in [0.4, 0.5) is 8.78 Å². The van der Waals surface area contributed by atoms with Gasteiger partial charge in [0.25, 0.3) is 5.92 Å². The summed E-state index contributed by atoms with van der Waals surface area (Å²) >= 11 is 0. The van der Waals surface area contributed by atoms with Crippen LogP contribution in [0.25, 0.3) is 0 Å². The van der Waals surface area contributed by atoms with Gasteiger partial charge < -0.3 is 5.32 Å². The highest BCUT2D eigenvalue weighted by atomic mass is 35.5. The number of piperidine rings is 1. The monoisotopic (exact) mass is 409 g/mol. The number of carbonyl (C=O) groups excluding carboxylic acids is 1. The first-order valence-electron chi connectivity index (χ1n) is 8.62. The molecule has 4 nitrogen and oxygen atoms in total. The molecule has 2 heterocycles. The summed E-state index contributed by atoms with van der Waals surface area (Å²) in [6, 6.07) is 9.97. The number of alkyl halides is 2. The number of hydrogen-bond acceptors (Lipinski definition) is 3. The molecule has 0 spiro atoms. The number of benzene rings is 1. The maximum Gasteiger partial charge on any atom is 0.262 e. The maximum absolute atomic E-state index is 13.2. The summed E-state index contributed by atoms with van der Waals surface area (Å²) in [6.07, 6.45) is 1.30. The molecular formula is C18H27Cl2F2N3O. The molecule has 3 rings (SSSR count). The van der Waals surface area contributed by atoms with E-state index >= 15 is 0 Å². The van der Waals surface area contributed by atoms with Gasteiger partial charge in [0.15, 0.2) is 0 Å². The molecule has 0 bridgehead atoms. The average Bonchev–Trinajstić information content (AvgIpc) is 2.91. The first-order chi connectivity index (χ1) is 11.4. The van der Waals surface area contributed by atoms with Crippen LogP contribution in [0.15, 0.2) is 30.3 Å². The molecular weight excluding hydrogens is 383 g/mol. The fraction of sp³-hybridized carbons (Fsp3) is 0.611. The molecule has 0 radical (unpaired) electrons. The second-order valence-electron chi connectivity index (χ2n) is 7.03. The molecule has 1 aromatic carbocycles. The number of amides is 1. The van der Waals surface area contributed by atoms with Gasteiger partial charge in [-0.25, -0.2) is 8.78 Å². The smallest absolute Gasteiger partial charge is 0.262 e. The van der Waals surface area contributed by atoms with Crippen LogP contribution < -0.4 is 10.6 Å². The highest BCUT2D eigenvalue weighted by molar-refractivity contribution is 5.85. The molecule has 3 atom stereocenters. The van der Waals surface area contributed by atoms with Crippen molar-refractivity contribution in [1.29, 1.82) is 0 Å². The Labute approximate surface area is 165 Å². The first-order valence-corrected chi connectivity index (χ1v) is 8.62. The molecule has 1 aromatic rings. The maximum atomic E-state index is 13.2. The van der Waals surface area contributed by atoms with Crippen LogP contribution in [0.2, 0.25) is 0 Å². The highest BCUT2D eigenvalue weighted by Crippen LogP contribution is 2.26. The topological polar surface area (TPSA) is 44.4 Å². The average molecular weight is 410 g/mol. The van der Waals surface area contributed by atoms with Gasteiger partial charge in [-0.1, -0.05) is 30.3 Å². The minimum absolute atomic E-state index is 0. The Morgan fingerprint density at radius 3 is 2.58 bits per heavy atom. The number of carbonyl (C=O) groups is 1. The van der Waals surface area contributed by atoms with E-state index in [1.807, 2.05) is 18.2 Å². The minimum atomic E-state index is -2.77. The van der Waals surface area contributed by atoms with Crippen molar-refractivity contribution in [2.75, 3.05) is 13.1 Å². The van der Waals surface area contributed by atoms with Gasteiger partial charge in [0.1, 0.15) is 0 Å². The summed E-state index contributed by atoms with van der Waals surface area (Å²) in [5.74, 6) is -3.06. The lowest BCUT2D eigenvalue weighted by Crippen LogP contribution is -2.51. The second-order valence-corrected chi connectivity index (χ2v) is 7.03. The summed E-state index contributed by atoms with van der Waals surface area (Å²) in [6.45, 7) is 3.55. The summed E-state index contributed by atoms with van der Waals surface area (Å²) in [5.41, 5.74) is 1.28. The van der Waals surface area contributed by atoms with Crippen LogP contribution >= 0.6 is 24.8 Å². The molecule has 8 heteroatoms. The van der Waals surface area contributed by atoms with Gasteiger partial charge >= 0.3 is 0 Å². The van der Waals surface area contributed by atoms with Gasteiger partial charge in [0, 0.05) is 31.6 Å². The van der Waals surface area contributed by atoms with E-state index in [4.69, 9.17) is 0 Å². The Morgan fingerprint density at radius 1 is 1.31 bits per heavy atom. The van der Waals surface area contributed by atoms with E-state index in [-0.39, 0.29) is 36.8 Å². The molecule has 0 aromatic heterocycles. The van der Waals surface area contributed by atoms with Crippen LogP contribution in [0.1, 0.15) is 31.7 Å². The van der Waals surface area contributed by atoms with E-state index in [0.717, 1.165) is 25.9 Å². The Kier molecular flexibility index (Phi) is 8.73. The van der Waals surface area contributed by atoms with Gasteiger partial charge in [-0.2, -0.15) is 0 Å². The van der Waals surface area contributed by atoms with Gasteiger partial charge in [-0.3, -0.25) is 15.0 Å². The molecule has 3 unspecified atom stereocenters. The van der Waals surface area contributed by atoms with Gasteiger partial charge in [0.2, 0.25) is 5.91 Å². The third kappa shape index (κ3) is 6.05. The van der Waals surface area contributed by atoms with E-state index < -0.39 is 24.9 Å². The molecule has 2 fully saturated rings. The minimum Gasteiger partial charge on any atom is -0.352 e. The van der Waals surface area contributed by atoms with Crippen molar-refractivity contribution in [2.45, 2.75) is 56.8 Å². The molecule has 1 amide bonds. The van der Waals surface area contributed by atoms with Crippen molar-refractivity contribution >= 4 is 30.7 Å². The van der Waals surface area contributed by atoms with E-state index in [1.54, 1.807) is 0 Å². The Bertz CT molecular complexity index is 577. The lowest BCUT2D eigenvalue weighted by Gasteiger charge is -2.38.